The van der Waals surface area contributed by atoms with Crippen LogP contribution in [0.15, 0.2) is 60.7 Å². The smallest absolute Gasteiger partial charge is 0.330 e. The minimum Gasteiger partial charge on any atom is -0.497 e. The van der Waals surface area contributed by atoms with E-state index in [2.05, 4.69) is 0 Å². The molecule has 8 heteroatoms. The molecule has 0 radical (unpaired) electrons. The summed E-state index contributed by atoms with van der Waals surface area (Å²) in [5.74, 6) is -0.0256. The lowest BCUT2D eigenvalue weighted by atomic mass is 10.2. The second-order valence-corrected chi connectivity index (χ2v) is 6.02. The Morgan fingerprint density at radius 1 is 0.871 bits per heavy atom. The number of rotatable bonds is 9. The molecule has 2 aromatic carbocycles. The fourth-order valence-electron chi connectivity index (χ4n) is 2.04. The summed E-state index contributed by atoms with van der Waals surface area (Å²) < 4.78 is 14.7. The van der Waals surface area contributed by atoms with Gasteiger partial charge in [-0.15, -0.1) is 0 Å². The largest absolute Gasteiger partial charge is 0.497 e. The Morgan fingerprint density at radius 3 is 1.71 bits per heavy atom. The first kappa shape index (κ1) is 25.4. The summed E-state index contributed by atoms with van der Waals surface area (Å²) in [6.07, 6.45) is 4.44. The van der Waals surface area contributed by atoms with Crippen molar-refractivity contribution in [3.05, 3.63) is 71.8 Å². The number of hydrogen-bond donors (Lipinski definition) is 3. The molecule has 2 aromatic rings. The van der Waals surface area contributed by atoms with Gasteiger partial charge in [-0.3, -0.25) is 0 Å². The highest BCUT2D eigenvalue weighted by Crippen LogP contribution is 2.13. The number of aliphatic hydroxyl groups is 2. The summed E-state index contributed by atoms with van der Waals surface area (Å²) in [4.78, 5) is 21.4. The fourth-order valence-corrected chi connectivity index (χ4v) is 2.04. The molecule has 0 saturated heterocycles. The lowest BCUT2D eigenvalue weighted by Gasteiger charge is -2.06. The molecular weight excluding hydrogens is 404 g/mol. The molecule has 1 atom stereocenters. The van der Waals surface area contributed by atoms with E-state index >= 15 is 0 Å². The number of aliphatic carboxylic acids is 1. The van der Waals surface area contributed by atoms with E-state index in [-0.39, 0.29) is 6.61 Å². The van der Waals surface area contributed by atoms with Gasteiger partial charge in [-0.1, -0.05) is 24.3 Å². The Balaban J connectivity index is 0.000000327. The van der Waals surface area contributed by atoms with Gasteiger partial charge in [0.25, 0.3) is 0 Å². The third-order valence-electron chi connectivity index (χ3n) is 3.69. The summed E-state index contributed by atoms with van der Waals surface area (Å²) in [6, 6.07) is 14.3. The molecular formula is C23H26O8. The first-order valence-corrected chi connectivity index (χ1v) is 9.20. The van der Waals surface area contributed by atoms with E-state index in [4.69, 9.17) is 29.5 Å². The summed E-state index contributed by atoms with van der Waals surface area (Å²) in [5, 5.41) is 25.9. The van der Waals surface area contributed by atoms with Crippen molar-refractivity contribution in [2.24, 2.45) is 0 Å². The number of methoxy groups -OCH3 is 2. The van der Waals surface area contributed by atoms with E-state index in [9.17, 15) is 9.59 Å². The van der Waals surface area contributed by atoms with Crippen LogP contribution in [0.2, 0.25) is 0 Å². The quantitative estimate of drug-likeness (QED) is 0.409. The van der Waals surface area contributed by atoms with E-state index in [0.717, 1.165) is 28.7 Å². The summed E-state index contributed by atoms with van der Waals surface area (Å²) >= 11 is 0. The molecule has 166 valence electrons. The van der Waals surface area contributed by atoms with Crippen molar-refractivity contribution in [1.29, 1.82) is 0 Å². The molecule has 2 rings (SSSR count). The molecule has 0 aliphatic heterocycles. The number of carboxylic acid groups (broad SMARTS) is 1. The second kappa shape index (κ2) is 14.4. The third kappa shape index (κ3) is 11.2. The summed E-state index contributed by atoms with van der Waals surface area (Å²) in [6.45, 7) is -0.655. The minimum atomic E-state index is -1.04. The molecule has 0 aliphatic rings. The average molecular weight is 430 g/mol. The van der Waals surface area contributed by atoms with Gasteiger partial charge >= 0.3 is 11.9 Å². The molecule has 0 bridgehead atoms. The Bertz CT molecular complexity index is 854. The number of carbonyl (C=O) groups excluding carboxylic acids is 1. The zero-order valence-electron chi connectivity index (χ0n) is 17.3. The van der Waals surface area contributed by atoms with E-state index < -0.39 is 24.6 Å². The van der Waals surface area contributed by atoms with Gasteiger partial charge < -0.3 is 29.5 Å². The number of hydrogen-bond acceptors (Lipinski definition) is 7. The maximum absolute atomic E-state index is 11.2. The molecule has 1 unspecified atom stereocenters. The van der Waals surface area contributed by atoms with Gasteiger partial charge in [0.1, 0.15) is 24.2 Å². The Morgan fingerprint density at radius 2 is 1.32 bits per heavy atom. The van der Waals surface area contributed by atoms with Crippen LogP contribution in [-0.4, -0.2) is 60.8 Å². The Labute approximate surface area is 180 Å². The molecule has 0 spiro atoms. The number of benzene rings is 2. The predicted octanol–water partition coefficient (Wildman–Crippen LogP) is 2.40. The fraction of sp³-hybridized carbons (Fsp3) is 0.217. The van der Waals surface area contributed by atoms with Crippen molar-refractivity contribution in [2.45, 2.75) is 6.10 Å². The Kier molecular flexibility index (Phi) is 11.8. The predicted molar refractivity (Wildman–Crippen MR) is 116 cm³/mol. The molecule has 3 N–H and O–H groups in total. The summed E-state index contributed by atoms with van der Waals surface area (Å²) in [7, 11) is 3.16. The van der Waals surface area contributed by atoms with Gasteiger partial charge in [-0.05, 0) is 47.5 Å². The maximum atomic E-state index is 11.2. The zero-order chi connectivity index (χ0) is 23.1. The number of carbonyl (C=O) groups is 2. The van der Waals surface area contributed by atoms with Crippen molar-refractivity contribution in [2.75, 3.05) is 27.4 Å². The zero-order valence-corrected chi connectivity index (χ0v) is 17.3. The SMILES string of the molecule is COc1ccc(C=CC(=O)O)cc1.COc1ccc(C=CC(=O)OCC(O)CO)cc1. The van der Waals surface area contributed by atoms with Gasteiger partial charge in [-0.25, -0.2) is 9.59 Å². The standard InChI is InChI=1S/C13H16O5.C10H10O3/c1-17-12-5-2-10(3-6-12)4-7-13(16)18-9-11(15)8-14;1-13-9-5-2-8(3-6-9)4-7-10(11)12/h2-7,11,14-15H,8-9H2,1H3;2-7H,1H3,(H,11,12). The van der Waals surface area contributed by atoms with E-state index in [1.54, 1.807) is 68.8 Å². The van der Waals surface area contributed by atoms with Crippen LogP contribution >= 0.6 is 0 Å². The minimum absolute atomic E-state index is 0.220. The molecule has 0 saturated carbocycles. The molecule has 0 heterocycles. The molecule has 0 fully saturated rings. The molecule has 0 aliphatic carbocycles. The third-order valence-corrected chi connectivity index (χ3v) is 3.69. The van der Waals surface area contributed by atoms with Crippen LogP contribution < -0.4 is 9.47 Å². The van der Waals surface area contributed by atoms with E-state index in [0.29, 0.717) is 0 Å². The van der Waals surface area contributed by atoms with Crippen molar-refractivity contribution in [3.63, 3.8) is 0 Å². The van der Waals surface area contributed by atoms with Crippen LogP contribution in [0.5, 0.6) is 11.5 Å². The highest BCUT2D eigenvalue weighted by molar-refractivity contribution is 5.87. The first-order valence-electron chi connectivity index (χ1n) is 9.20. The molecule has 0 aromatic heterocycles. The van der Waals surface area contributed by atoms with Crippen LogP contribution in [0.25, 0.3) is 12.2 Å². The normalized spacial score (nSPS) is 11.5. The average Bonchev–Trinajstić information content (AvgIpc) is 2.80. The van der Waals surface area contributed by atoms with Gasteiger partial charge in [0.05, 0.1) is 20.8 Å². The van der Waals surface area contributed by atoms with Crippen molar-refractivity contribution < 1.29 is 39.1 Å². The number of carboxylic acids is 1. The van der Waals surface area contributed by atoms with Crippen LogP contribution in [0.3, 0.4) is 0 Å². The lowest BCUT2D eigenvalue weighted by Crippen LogP contribution is -2.21. The molecule has 31 heavy (non-hydrogen) atoms. The number of aliphatic hydroxyl groups excluding tert-OH is 2. The number of ether oxygens (including phenoxy) is 3. The summed E-state index contributed by atoms with van der Waals surface area (Å²) in [5.41, 5.74) is 1.67. The van der Waals surface area contributed by atoms with Crippen molar-refractivity contribution in [1.82, 2.24) is 0 Å². The highest BCUT2D eigenvalue weighted by Gasteiger charge is 2.04. The van der Waals surface area contributed by atoms with Gasteiger partial charge in [0, 0.05) is 12.2 Å². The van der Waals surface area contributed by atoms with Crippen LogP contribution in [-0.2, 0) is 14.3 Å². The van der Waals surface area contributed by atoms with E-state index in [1.807, 2.05) is 0 Å². The van der Waals surface area contributed by atoms with E-state index in [1.165, 1.54) is 12.2 Å². The van der Waals surface area contributed by atoms with Crippen LogP contribution in [0.1, 0.15) is 11.1 Å². The molecule has 8 nitrogen and oxygen atoms in total. The second-order valence-electron chi connectivity index (χ2n) is 6.02. The van der Waals surface area contributed by atoms with Gasteiger partial charge in [0.15, 0.2) is 0 Å². The first-order chi connectivity index (χ1) is 14.9. The van der Waals surface area contributed by atoms with Crippen LogP contribution in [0.4, 0.5) is 0 Å². The van der Waals surface area contributed by atoms with Crippen molar-refractivity contribution in [3.8, 4) is 11.5 Å². The maximum Gasteiger partial charge on any atom is 0.330 e. The van der Waals surface area contributed by atoms with Crippen molar-refractivity contribution >= 4 is 24.1 Å². The monoisotopic (exact) mass is 430 g/mol. The van der Waals surface area contributed by atoms with Gasteiger partial charge in [0.2, 0.25) is 0 Å². The molecule has 0 amide bonds. The Hall–Kier alpha value is -3.62. The van der Waals surface area contributed by atoms with Gasteiger partial charge in [-0.2, -0.15) is 0 Å². The van der Waals surface area contributed by atoms with Crippen LogP contribution in [0, 0.1) is 0 Å². The lowest BCUT2D eigenvalue weighted by molar-refractivity contribution is -0.141. The topological polar surface area (TPSA) is 123 Å². The highest BCUT2D eigenvalue weighted by atomic mass is 16.5. The number of esters is 1.